The van der Waals surface area contributed by atoms with Crippen molar-refractivity contribution in [3.8, 4) is 22.5 Å². The third-order valence-corrected chi connectivity index (χ3v) is 4.01. The summed E-state index contributed by atoms with van der Waals surface area (Å²) in [5.41, 5.74) is 2.84. The van der Waals surface area contributed by atoms with Crippen LogP contribution in [-0.2, 0) is 0 Å². The smallest absolute Gasteiger partial charge is 0.273 e. The Morgan fingerprint density at radius 1 is 0.852 bits per heavy atom. The molecule has 4 rings (SSSR count). The molecule has 27 heavy (non-hydrogen) atoms. The molecule has 0 aliphatic rings. The van der Waals surface area contributed by atoms with Crippen LogP contribution in [0, 0.1) is 11.6 Å². The fraction of sp³-hybridized carbons (Fsp3) is 0. The Morgan fingerprint density at radius 2 is 1.59 bits per heavy atom. The van der Waals surface area contributed by atoms with Gasteiger partial charge < -0.3 is 10.3 Å². The molecule has 0 saturated carbocycles. The van der Waals surface area contributed by atoms with E-state index in [0.29, 0.717) is 17.0 Å². The Bertz CT molecular complexity index is 1080. The van der Waals surface area contributed by atoms with E-state index in [1.54, 1.807) is 6.07 Å². The van der Waals surface area contributed by atoms with Gasteiger partial charge in [0.2, 0.25) is 0 Å². The van der Waals surface area contributed by atoms with Gasteiger partial charge in [0, 0.05) is 23.4 Å². The topological polar surface area (TPSA) is 73.6 Å². The number of aromatic nitrogens is 3. The van der Waals surface area contributed by atoms with Gasteiger partial charge in [-0.3, -0.25) is 9.89 Å². The highest BCUT2D eigenvalue weighted by Crippen LogP contribution is 2.23. The summed E-state index contributed by atoms with van der Waals surface area (Å²) >= 11 is 0. The fourth-order valence-electron chi connectivity index (χ4n) is 2.74. The van der Waals surface area contributed by atoms with Crippen molar-refractivity contribution in [2.24, 2.45) is 0 Å². The number of H-pyrrole nitrogens is 2. The van der Waals surface area contributed by atoms with Crippen LogP contribution < -0.4 is 5.32 Å². The Kier molecular flexibility index (Phi) is 4.25. The van der Waals surface area contributed by atoms with Crippen LogP contribution in [0.4, 0.5) is 14.6 Å². The summed E-state index contributed by atoms with van der Waals surface area (Å²) in [5, 5.41) is 9.27. The number of benzene rings is 2. The highest BCUT2D eigenvalue weighted by molar-refractivity contribution is 6.03. The van der Waals surface area contributed by atoms with E-state index < -0.39 is 11.6 Å². The van der Waals surface area contributed by atoms with Crippen LogP contribution in [0.3, 0.4) is 0 Å². The summed E-state index contributed by atoms with van der Waals surface area (Å²) in [6, 6.07) is 17.8. The van der Waals surface area contributed by atoms with Crippen molar-refractivity contribution in [3.63, 3.8) is 0 Å². The number of amides is 1. The number of nitrogens with zero attached hydrogens (tertiary/aromatic N) is 1. The third-order valence-electron chi connectivity index (χ3n) is 4.01. The first-order chi connectivity index (χ1) is 13.1. The lowest BCUT2D eigenvalue weighted by atomic mass is 10.1. The SMILES string of the molecule is O=C(Nc1cc(-c2cc(F)cc(F)c2)[nH]n1)c1ccc(-c2ccccc2)[nH]1. The molecule has 0 fully saturated rings. The molecular weight excluding hydrogens is 350 g/mol. The van der Waals surface area contributed by atoms with Crippen LogP contribution in [0.1, 0.15) is 10.5 Å². The molecule has 0 aliphatic heterocycles. The summed E-state index contributed by atoms with van der Waals surface area (Å²) in [6.45, 7) is 0. The molecule has 134 valence electrons. The van der Waals surface area contributed by atoms with Crippen molar-refractivity contribution in [1.29, 1.82) is 0 Å². The van der Waals surface area contributed by atoms with Gasteiger partial charge >= 0.3 is 0 Å². The second-order valence-corrected chi connectivity index (χ2v) is 5.93. The summed E-state index contributed by atoms with van der Waals surface area (Å²) in [5.74, 6) is -1.51. The molecule has 0 unspecified atom stereocenters. The van der Waals surface area contributed by atoms with Crippen LogP contribution in [0.5, 0.6) is 0 Å². The predicted molar refractivity (Wildman–Crippen MR) is 98.1 cm³/mol. The third kappa shape index (κ3) is 3.62. The summed E-state index contributed by atoms with van der Waals surface area (Å²) in [7, 11) is 0. The van der Waals surface area contributed by atoms with Gasteiger partial charge in [-0.05, 0) is 29.8 Å². The van der Waals surface area contributed by atoms with Crippen molar-refractivity contribution >= 4 is 11.7 Å². The van der Waals surface area contributed by atoms with Gasteiger partial charge in [-0.2, -0.15) is 5.10 Å². The number of hydrogen-bond acceptors (Lipinski definition) is 2. The molecule has 0 spiro atoms. The molecule has 2 aromatic carbocycles. The van der Waals surface area contributed by atoms with Crippen LogP contribution in [0.15, 0.2) is 66.7 Å². The van der Waals surface area contributed by atoms with Crippen molar-refractivity contribution in [3.05, 3.63) is 84.1 Å². The number of carbonyl (C=O) groups excluding carboxylic acids is 1. The van der Waals surface area contributed by atoms with E-state index >= 15 is 0 Å². The lowest BCUT2D eigenvalue weighted by Gasteiger charge is -2.00. The van der Waals surface area contributed by atoms with Crippen molar-refractivity contribution < 1.29 is 13.6 Å². The second kappa shape index (κ2) is 6.87. The van der Waals surface area contributed by atoms with E-state index in [2.05, 4.69) is 20.5 Å². The zero-order valence-corrected chi connectivity index (χ0v) is 14.0. The lowest BCUT2D eigenvalue weighted by Crippen LogP contribution is -2.12. The van der Waals surface area contributed by atoms with Crippen LogP contribution in [0.25, 0.3) is 22.5 Å². The zero-order valence-electron chi connectivity index (χ0n) is 14.0. The molecule has 0 saturated heterocycles. The highest BCUT2D eigenvalue weighted by Gasteiger charge is 2.13. The maximum absolute atomic E-state index is 13.3. The average molecular weight is 364 g/mol. The van der Waals surface area contributed by atoms with Gasteiger partial charge in [0.1, 0.15) is 17.3 Å². The number of carbonyl (C=O) groups is 1. The number of anilines is 1. The highest BCUT2D eigenvalue weighted by atomic mass is 19.1. The van der Waals surface area contributed by atoms with Gasteiger partial charge in [0.15, 0.2) is 5.82 Å². The van der Waals surface area contributed by atoms with Crippen LogP contribution >= 0.6 is 0 Å². The van der Waals surface area contributed by atoms with Crippen LogP contribution in [0.2, 0.25) is 0 Å². The lowest BCUT2D eigenvalue weighted by molar-refractivity contribution is 0.102. The Balaban J connectivity index is 1.51. The first-order valence-corrected chi connectivity index (χ1v) is 8.16. The molecule has 5 nitrogen and oxygen atoms in total. The normalized spacial score (nSPS) is 10.7. The number of nitrogens with one attached hydrogen (secondary N) is 3. The van der Waals surface area contributed by atoms with Crippen molar-refractivity contribution in [2.75, 3.05) is 5.32 Å². The monoisotopic (exact) mass is 364 g/mol. The Hall–Kier alpha value is -3.74. The summed E-state index contributed by atoms with van der Waals surface area (Å²) < 4.78 is 26.7. The largest absolute Gasteiger partial charge is 0.351 e. The Labute approximate surface area is 153 Å². The maximum atomic E-state index is 13.3. The molecule has 4 aromatic rings. The molecule has 0 bridgehead atoms. The molecule has 0 atom stereocenters. The molecule has 3 N–H and O–H groups in total. The van der Waals surface area contributed by atoms with Gasteiger partial charge in [-0.15, -0.1) is 0 Å². The van der Waals surface area contributed by atoms with Crippen molar-refractivity contribution in [1.82, 2.24) is 15.2 Å². The molecule has 0 radical (unpaired) electrons. The first kappa shape index (κ1) is 16.7. The van der Waals surface area contributed by atoms with Gasteiger partial charge in [-0.25, -0.2) is 8.78 Å². The van der Waals surface area contributed by atoms with E-state index in [-0.39, 0.29) is 11.7 Å². The quantitative estimate of drug-likeness (QED) is 0.495. The summed E-state index contributed by atoms with van der Waals surface area (Å²) in [4.78, 5) is 15.5. The predicted octanol–water partition coefficient (Wildman–Crippen LogP) is 4.60. The van der Waals surface area contributed by atoms with Crippen molar-refractivity contribution in [2.45, 2.75) is 0 Å². The van der Waals surface area contributed by atoms with Gasteiger partial charge in [0.05, 0.1) is 5.69 Å². The van der Waals surface area contributed by atoms with E-state index in [1.807, 2.05) is 36.4 Å². The first-order valence-electron chi connectivity index (χ1n) is 8.16. The minimum atomic E-state index is -0.690. The number of aromatic amines is 2. The zero-order chi connectivity index (χ0) is 18.8. The number of hydrogen-bond donors (Lipinski definition) is 3. The molecule has 1 amide bonds. The molecule has 7 heteroatoms. The second-order valence-electron chi connectivity index (χ2n) is 5.93. The minimum absolute atomic E-state index is 0.246. The van der Waals surface area contributed by atoms with E-state index in [1.165, 1.54) is 18.2 Å². The summed E-state index contributed by atoms with van der Waals surface area (Å²) in [6.07, 6.45) is 0. The molecule has 0 aliphatic carbocycles. The number of rotatable bonds is 4. The van der Waals surface area contributed by atoms with E-state index in [0.717, 1.165) is 17.3 Å². The van der Waals surface area contributed by atoms with Crippen LogP contribution in [-0.4, -0.2) is 21.1 Å². The van der Waals surface area contributed by atoms with Gasteiger partial charge in [-0.1, -0.05) is 30.3 Å². The standard InChI is InChI=1S/C20H14F2N4O/c21-14-8-13(9-15(22)10-14)18-11-19(26-25-18)24-20(27)17-7-6-16(23-17)12-4-2-1-3-5-12/h1-11,23H,(H2,24,25,26,27). The fourth-order valence-corrected chi connectivity index (χ4v) is 2.74. The number of halogens is 2. The van der Waals surface area contributed by atoms with E-state index in [4.69, 9.17) is 0 Å². The Morgan fingerprint density at radius 3 is 2.33 bits per heavy atom. The maximum Gasteiger partial charge on any atom is 0.273 e. The average Bonchev–Trinajstić information content (AvgIpc) is 3.31. The minimum Gasteiger partial charge on any atom is -0.351 e. The molecule has 2 aromatic heterocycles. The van der Waals surface area contributed by atoms with E-state index in [9.17, 15) is 13.6 Å². The molecule has 2 heterocycles. The molecular formula is C20H14F2N4O. The van der Waals surface area contributed by atoms with Gasteiger partial charge in [0.25, 0.3) is 5.91 Å².